The van der Waals surface area contributed by atoms with Gasteiger partial charge < -0.3 is 14.6 Å². The van der Waals surface area contributed by atoms with Gasteiger partial charge in [0.15, 0.2) is 0 Å². The highest BCUT2D eigenvalue weighted by Gasteiger charge is 2.23. The molecule has 1 unspecified atom stereocenters. The molecule has 0 saturated heterocycles. The van der Waals surface area contributed by atoms with E-state index in [9.17, 15) is 14.7 Å². The predicted octanol–water partition coefficient (Wildman–Crippen LogP) is 1.92. The number of aromatic carboxylic acids is 1. The minimum Gasteiger partial charge on any atom is -0.478 e. The van der Waals surface area contributed by atoms with Crippen molar-refractivity contribution < 1.29 is 9.90 Å². The highest BCUT2D eigenvalue weighted by Crippen LogP contribution is 2.21. The number of carboxylic acids is 1. The molecule has 0 radical (unpaired) electrons. The van der Waals surface area contributed by atoms with Gasteiger partial charge in [0.1, 0.15) is 0 Å². The van der Waals surface area contributed by atoms with Gasteiger partial charge in [-0.25, -0.2) is 4.79 Å². The maximum absolute atomic E-state index is 12.3. The normalized spacial score (nSPS) is 13.0. The second-order valence-electron chi connectivity index (χ2n) is 5.87. The van der Waals surface area contributed by atoms with Crippen LogP contribution in [-0.4, -0.2) is 41.2 Å². The van der Waals surface area contributed by atoms with Crippen LogP contribution in [0.15, 0.2) is 10.9 Å². The summed E-state index contributed by atoms with van der Waals surface area (Å²) in [4.78, 5) is 25.7. The summed E-state index contributed by atoms with van der Waals surface area (Å²) in [7, 11) is 3.89. The number of carbonyl (C=O) groups is 1. The van der Waals surface area contributed by atoms with Crippen molar-refractivity contribution in [1.82, 2.24) is 9.47 Å². The van der Waals surface area contributed by atoms with E-state index in [0.29, 0.717) is 17.8 Å². The molecule has 0 saturated carbocycles. The quantitative estimate of drug-likeness (QED) is 0.895. The second-order valence-corrected chi connectivity index (χ2v) is 5.87. The zero-order valence-electron chi connectivity index (χ0n) is 13.1. The van der Waals surface area contributed by atoms with Crippen molar-refractivity contribution in [1.29, 1.82) is 0 Å². The van der Waals surface area contributed by atoms with Crippen molar-refractivity contribution in [3.63, 3.8) is 0 Å². The fraction of sp³-hybridized carbons (Fsp3) is 0.600. The van der Waals surface area contributed by atoms with E-state index in [0.717, 1.165) is 0 Å². The Hall–Kier alpha value is -1.62. The molecule has 5 heteroatoms. The minimum atomic E-state index is -0.985. The largest absolute Gasteiger partial charge is 0.478 e. The van der Waals surface area contributed by atoms with Crippen molar-refractivity contribution in [2.75, 3.05) is 20.6 Å². The smallest absolute Gasteiger partial charge is 0.337 e. The molecule has 20 heavy (non-hydrogen) atoms. The van der Waals surface area contributed by atoms with Gasteiger partial charge in [0.25, 0.3) is 5.56 Å². The fourth-order valence-corrected chi connectivity index (χ4v) is 2.60. The Morgan fingerprint density at radius 3 is 2.30 bits per heavy atom. The Morgan fingerprint density at radius 2 is 1.90 bits per heavy atom. The molecule has 1 N–H and O–H groups in total. The van der Waals surface area contributed by atoms with Crippen LogP contribution in [0.5, 0.6) is 0 Å². The number of rotatable bonds is 5. The van der Waals surface area contributed by atoms with Crippen molar-refractivity contribution in [3.05, 3.63) is 33.2 Å². The lowest BCUT2D eigenvalue weighted by Crippen LogP contribution is -2.37. The van der Waals surface area contributed by atoms with Gasteiger partial charge in [-0.05, 0) is 39.4 Å². The molecular weight excluding hydrogens is 256 g/mol. The summed E-state index contributed by atoms with van der Waals surface area (Å²) in [6.07, 6.45) is 0. The first-order chi connectivity index (χ1) is 9.16. The molecule has 0 bridgehead atoms. The van der Waals surface area contributed by atoms with E-state index in [1.165, 1.54) is 6.07 Å². The summed E-state index contributed by atoms with van der Waals surface area (Å²) in [5.41, 5.74) is 1.14. The van der Waals surface area contributed by atoms with E-state index in [1.54, 1.807) is 18.4 Å². The average Bonchev–Trinajstić information content (AvgIpc) is 2.25. The number of nitrogens with zero attached hydrogens (tertiary/aromatic N) is 2. The molecule has 0 fully saturated rings. The first-order valence-electron chi connectivity index (χ1n) is 6.77. The Bertz CT molecular complexity index is 559. The molecule has 0 aliphatic carbocycles. The van der Waals surface area contributed by atoms with Gasteiger partial charge in [-0.2, -0.15) is 0 Å². The van der Waals surface area contributed by atoms with Crippen LogP contribution in [0.3, 0.4) is 0 Å². The van der Waals surface area contributed by atoms with Crippen LogP contribution >= 0.6 is 0 Å². The fourth-order valence-electron chi connectivity index (χ4n) is 2.60. The maximum atomic E-state index is 12.3. The standard InChI is InChI=1S/C15H24N2O3/c1-9(2)12(8-16(5)6)17-11(4)14(15(19)20)10(3)7-13(17)18/h7,9,12H,8H2,1-6H3,(H,19,20). The summed E-state index contributed by atoms with van der Waals surface area (Å²) in [5, 5.41) is 9.34. The van der Waals surface area contributed by atoms with Crippen LogP contribution in [0.2, 0.25) is 0 Å². The van der Waals surface area contributed by atoms with E-state index in [-0.39, 0.29) is 23.1 Å². The average molecular weight is 280 g/mol. The van der Waals surface area contributed by atoms with Crippen LogP contribution < -0.4 is 5.56 Å². The molecule has 1 aromatic heterocycles. The maximum Gasteiger partial charge on any atom is 0.337 e. The van der Waals surface area contributed by atoms with E-state index >= 15 is 0 Å². The van der Waals surface area contributed by atoms with Crippen molar-refractivity contribution in [2.45, 2.75) is 33.7 Å². The Kier molecular flexibility index (Phi) is 5.11. The first-order valence-corrected chi connectivity index (χ1v) is 6.77. The number of hydrogen-bond donors (Lipinski definition) is 1. The number of aromatic nitrogens is 1. The summed E-state index contributed by atoms with van der Waals surface area (Å²) >= 11 is 0. The van der Waals surface area contributed by atoms with Gasteiger partial charge in [0.2, 0.25) is 0 Å². The lowest BCUT2D eigenvalue weighted by atomic mass is 10.0. The second kappa shape index (κ2) is 6.22. The zero-order chi connectivity index (χ0) is 15.6. The van der Waals surface area contributed by atoms with Gasteiger partial charge in [-0.1, -0.05) is 13.8 Å². The van der Waals surface area contributed by atoms with Gasteiger partial charge in [-0.15, -0.1) is 0 Å². The lowest BCUT2D eigenvalue weighted by molar-refractivity contribution is 0.0693. The monoisotopic (exact) mass is 280 g/mol. The number of likely N-dealkylation sites (N-methyl/N-ethyl adjacent to an activating group) is 1. The molecule has 0 amide bonds. The number of pyridine rings is 1. The third-order valence-corrected chi connectivity index (χ3v) is 3.56. The van der Waals surface area contributed by atoms with E-state index in [2.05, 4.69) is 0 Å². The van der Waals surface area contributed by atoms with E-state index in [1.807, 2.05) is 32.8 Å². The molecule has 1 rings (SSSR count). The molecule has 5 nitrogen and oxygen atoms in total. The van der Waals surface area contributed by atoms with Gasteiger partial charge in [0, 0.05) is 18.3 Å². The number of aryl methyl sites for hydroxylation is 1. The third kappa shape index (κ3) is 3.28. The zero-order valence-corrected chi connectivity index (χ0v) is 13.1. The van der Waals surface area contributed by atoms with Gasteiger partial charge in [-0.3, -0.25) is 4.79 Å². The molecule has 1 heterocycles. The van der Waals surface area contributed by atoms with Crippen LogP contribution in [0.4, 0.5) is 0 Å². The Balaban J connectivity index is 3.53. The highest BCUT2D eigenvalue weighted by molar-refractivity contribution is 5.90. The molecular formula is C15H24N2O3. The van der Waals surface area contributed by atoms with E-state index < -0.39 is 5.97 Å². The van der Waals surface area contributed by atoms with Crippen LogP contribution in [0.25, 0.3) is 0 Å². The van der Waals surface area contributed by atoms with Gasteiger partial charge >= 0.3 is 5.97 Å². The predicted molar refractivity (Wildman–Crippen MR) is 79.6 cm³/mol. The summed E-state index contributed by atoms with van der Waals surface area (Å²) in [6.45, 7) is 8.16. The molecule has 0 aliphatic rings. The summed E-state index contributed by atoms with van der Waals surface area (Å²) in [5.74, 6) is -0.751. The van der Waals surface area contributed by atoms with Crippen molar-refractivity contribution >= 4 is 5.97 Å². The van der Waals surface area contributed by atoms with Crippen LogP contribution in [0, 0.1) is 19.8 Å². The molecule has 0 aromatic carbocycles. The summed E-state index contributed by atoms with van der Waals surface area (Å²) < 4.78 is 1.63. The topological polar surface area (TPSA) is 62.5 Å². The molecule has 0 aliphatic heterocycles. The summed E-state index contributed by atoms with van der Waals surface area (Å²) in [6, 6.07) is 1.37. The molecule has 1 aromatic rings. The molecule has 112 valence electrons. The third-order valence-electron chi connectivity index (χ3n) is 3.56. The number of carboxylic acid groups (broad SMARTS) is 1. The van der Waals surface area contributed by atoms with Crippen LogP contribution in [-0.2, 0) is 0 Å². The number of hydrogen-bond acceptors (Lipinski definition) is 3. The lowest BCUT2D eigenvalue weighted by Gasteiger charge is -2.29. The Morgan fingerprint density at radius 1 is 1.35 bits per heavy atom. The molecule has 0 spiro atoms. The highest BCUT2D eigenvalue weighted by atomic mass is 16.4. The van der Waals surface area contributed by atoms with E-state index in [4.69, 9.17) is 0 Å². The first kappa shape index (κ1) is 16.4. The van der Waals surface area contributed by atoms with Crippen LogP contribution in [0.1, 0.15) is 41.5 Å². The SMILES string of the molecule is Cc1cc(=O)n(C(CN(C)C)C(C)C)c(C)c1C(=O)O. The minimum absolute atomic E-state index is 0.0452. The molecule has 1 atom stereocenters. The van der Waals surface area contributed by atoms with Crippen molar-refractivity contribution in [3.8, 4) is 0 Å². The Labute approximate surface area is 119 Å². The van der Waals surface area contributed by atoms with Gasteiger partial charge in [0.05, 0.1) is 11.6 Å². The van der Waals surface area contributed by atoms with Crippen molar-refractivity contribution in [2.24, 2.45) is 5.92 Å².